The molecule has 1 aromatic rings. The summed E-state index contributed by atoms with van der Waals surface area (Å²) < 4.78 is 27.5. The fourth-order valence-electron chi connectivity index (χ4n) is 2.49. The molecule has 2 N–H and O–H groups in total. The van der Waals surface area contributed by atoms with E-state index in [1.807, 2.05) is 0 Å². The summed E-state index contributed by atoms with van der Waals surface area (Å²) in [4.78, 5) is 20.5. The number of carboxylic acids is 1. The minimum absolute atomic E-state index is 0.244. The molecule has 0 saturated heterocycles. The molecule has 21 heavy (non-hydrogen) atoms. The summed E-state index contributed by atoms with van der Waals surface area (Å²) in [6.07, 6.45) is 1.83. The predicted molar refractivity (Wildman–Crippen MR) is 70.0 cm³/mol. The molecule has 0 radical (unpaired) electrons. The summed E-state index contributed by atoms with van der Waals surface area (Å²) in [6, 6.07) is 1.08. The molecule has 1 aliphatic rings. The number of benzene rings is 1. The van der Waals surface area contributed by atoms with E-state index in [0.717, 1.165) is 0 Å². The third-order valence-electron chi connectivity index (χ3n) is 3.66. The number of nitrogens with zero attached hydrogens (tertiary/aromatic N) is 1. The summed E-state index contributed by atoms with van der Waals surface area (Å²) in [7, 11) is 0. The zero-order valence-corrected chi connectivity index (χ0v) is 11.0. The molecule has 0 unspecified atom stereocenters. The monoisotopic (exact) mass is 300 g/mol. The number of aliphatic carboxylic acids is 1. The van der Waals surface area contributed by atoms with E-state index >= 15 is 0 Å². The maximum atomic E-state index is 13.7. The Hall–Kier alpha value is -2.25. The molecular weight excluding hydrogens is 286 g/mol. The number of hydrogen-bond donors (Lipinski definition) is 2. The van der Waals surface area contributed by atoms with Gasteiger partial charge in [0, 0.05) is 6.04 Å². The number of nitro groups is 1. The molecule has 114 valence electrons. The number of carboxylic acid groups (broad SMARTS) is 1. The summed E-state index contributed by atoms with van der Waals surface area (Å²) in [5, 5.41) is 22.1. The molecule has 6 nitrogen and oxygen atoms in total. The smallest absolute Gasteiger partial charge is 0.306 e. The van der Waals surface area contributed by atoms with Gasteiger partial charge < -0.3 is 10.4 Å². The average molecular weight is 300 g/mol. The van der Waals surface area contributed by atoms with E-state index in [0.29, 0.717) is 37.8 Å². The SMILES string of the molecule is O=C(O)C1CCC(Nc2c(F)cc([N+](=O)[O-])cc2F)CC1. The molecule has 0 spiro atoms. The van der Waals surface area contributed by atoms with Crippen molar-refractivity contribution in [3.63, 3.8) is 0 Å². The van der Waals surface area contributed by atoms with Gasteiger partial charge >= 0.3 is 5.97 Å². The lowest BCUT2D eigenvalue weighted by molar-refractivity contribution is -0.385. The molecule has 2 rings (SSSR count). The van der Waals surface area contributed by atoms with Crippen LogP contribution in [0.25, 0.3) is 0 Å². The van der Waals surface area contributed by atoms with Crippen molar-refractivity contribution in [3.05, 3.63) is 33.9 Å². The standard InChI is InChI=1S/C13H14F2N2O4/c14-10-5-9(17(20)21)6-11(15)12(10)16-8-3-1-7(2-4-8)13(18)19/h5-8,16H,1-4H2,(H,18,19). The van der Waals surface area contributed by atoms with Crippen LogP contribution in [0.4, 0.5) is 20.2 Å². The van der Waals surface area contributed by atoms with E-state index in [1.165, 1.54) is 0 Å². The van der Waals surface area contributed by atoms with Crippen LogP contribution in [-0.2, 0) is 4.79 Å². The molecule has 0 bridgehead atoms. The zero-order chi connectivity index (χ0) is 15.6. The average Bonchev–Trinajstić information content (AvgIpc) is 2.43. The van der Waals surface area contributed by atoms with E-state index in [4.69, 9.17) is 5.11 Å². The van der Waals surface area contributed by atoms with Crippen molar-refractivity contribution >= 4 is 17.3 Å². The van der Waals surface area contributed by atoms with Crippen LogP contribution < -0.4 is 5.32 Å². The van der Waals surface area contributed by atoms with Gasteiger partial charge in [0.05, 0.1) is 23.0 Å². The quantitative estimate of drug-likeness (QED) is 0.659. The van der Waals surface area contributed by atoms with Crippen molar-refractivity contribution in [2.24, 2.45) is 5.92 Å². The number of nitro benzene ring substituents is 1. The minimum Gasteiger partial charge on any atom is -0.481 e. The van der Waals surface area contributed by atoms with Gasteiger partial charge in [0.15, 0.2) is 11.6 Å². The Kier molecular flexibility index (Phi) is 4.35. The minimum atomic E-state index is -1.03. The van der Waals surface area contributed by atoms with E-state index in [9.17, 15) is 23.7 Å². The second kappa shape index (κ2) is 6.02. The van der Waals surface area contributed by atoms with E-state index in [1.54, 1.807) is 0 Å². The van der Waals surface area contributed by atoms with Gasteiger partial charge in [-0.3, -0.25) is 14.9 Å². The van der Waals surface area contributed by atoms with Crippen LogP contribution in [0.2, 0.25) is 0 Å². The highest BCUT2D eigenvalue weighted by Crippen LogP contribution is 2.30. The fraction of sp³-hybridized carbons (Fsp3) is 0.462. The highest BCUT2D eigenvalue weighted by Gasteiger charge is 2.27. The fourth-order valence-corrected chi connectivity index (χ4v) is 2.49. The molecule has 0 atom stereocenters. The summed E-state index contributed by atoms with van der Waals surface area (Å²) >= 11 is 0. The highest BCUT2D eigenvalue weighted by molar-refractivity contribution is 5.70. The lowest BCUT2D eigenvalue weighted by atomic mass is 9.86. The first-order chi connectivity index (χ1) is 9.88. The van der Waals surface area contributed by atoms with Crippen LogP contribution >= 0.6 is 0 Å². The molecule has 0 amide bonds. The Bertz CT molecular complexity index is 548. The normalized spacial score (nSPS) is 21.8. The van der Waals surface area contributed by atoms with Crippen molar-refractivity contribution in [2.75, 3.05) is 5.32 Å². The molecule has 1 fully saturated rings. The second-order valence-electron chi connectivity index (χ2n) is 5.07. The highest BCUT2D eigenvalue weighted by atomic mass is 19.1. The molecular formula is C13H14F2N2O4. The van der Waals surface area contributed by atoms with Crippen molar-refractivity contribution in [2.45, 2.75) is 31.7 Å². The summed E-state index contributed by atoms with van der Waals surface area (Å²) in [5.41, 5.74) is -1.05. The molecule has 0 aromatic heterocycles. The second-order valence-corrected chi connectivity index (χ2v) is 5.07. The number of halogens is 2. The van der Waals surface area contributed by atoms with Crippen molar-refractivity contribution in [1.82, 2.24) is 0 Å². The van der Waals surface area contributed by atoms with Crippen LogP contribution in [-0.4, -0.2) is 22.0 Å². The largest absolute Gasteiger partial charge is 0.481 e. The van der Waals surface area contributed by atoms with Gasteiger partial charge in [0.25, 0.3) is 5.69 Å². The van der Waals surface area contributed by atoms with Crippen molar-refractivity contribution in [1.29, 1.82) is 0 Å². The van der Waals surface area contributed by atoms with Crippen LogP contribution in [0, 0.1) is 27.7 Å². The third kappa shape index (κ3) is 3.45. The Labute approximate surface area is 118 Å². The zero-order valence-electron chi connectivity index (χ0n) is 11.0. The topological polar surface area (TPSA) is 92.5 Å². The van der Waals surface area contributed by atoms with Crippen LogP contribution in [0.3, 0.4) is 0 Å². The molecule has 1 aromatic carbocycles. The van der Waals surface area contributed by atoms with Gasteiger partial charge in [0.1, 0.15) is 5.69 Å². The first kappa shape index (κ1) is 15.1. The number of non-ortho nitro benzene ring substituents is 1. The molecule has 0 aliphatic heterocycles. The van der Waals surface area contributed by atoms with Gasteiger partial charge in [-0.05, 0) is 25.7 Å². The molecule has 1 saturated carbocycles. The molecule has 1 aliphatic carbocycles. The van der Waals surface area contributed by atoms with Crippen molar-refractivity contribution < 1.29 is 23.6 Å². The number of rotatable bonds is 4. The van der Waals surface area contributed by atoms with Gasteiger partial charge in [0.2, 0.25) is 0 Å². The van der Waals surface area contributed by atoms with Gasteiger partial charge in [-0.2, -0.15) is 0 Å². The molecule has 8 heteroatoms. The summed E-state index contributed by atoms with van der Waals surface area (Å²) in [5.74, 6) is -3.33. The van der Waals surface area contributed by atoms with E-state index < -0.39 is 39.8 Å². The van der Waals surface area contributed by atoms with Crippen LogP contribution in [0.1, 0.15) is 25.7 Å². The lowest BCUT2D eigenvalue weighted by Crippen LogP contribution is -2.29. The lowest BCUT2D eigenvalue weighted by Gasteiger charge is -2.27. The first-order valence-corrected chi connectivity index (χ1v) is 6.51. The maximum absolute atomic E-state index is 13.7. The third-order valence-corrected chi connectivity index (χ3v) is 3.66. The van der Waals surface area contributed by atoms with Crippen LogP contribution in [0.15, 0.2) is 12.1 Å². The predicted octanol–water partition coefficient (Wildman–Crippen LogP) is 2.93. The van der Waals surface area contributed by atoms with E-state index in [2.05, 4.69) is 5.32 Å². The Balaban J connectivity index is 2.07. The van der Waals surface area contributed by atoms with Gasteiger partial charge in [-0.1, -0.05) is 0 Å². The maximum Gasteiger partial charge on any atom is 0.306 e. The van der Waals surface area contributed by atoms with Crippen LogP contribution in [0.5, 0.6) is 0 Å². The van der Waals surface area contributed by atoms with Gasteiger partial charge in [-0.25, -0.2) is 8.78 Å². The summed E-state index contributed by atoms with van der Waals surface area (Å²) in [6.45, 7) is 0. The Morgan fingerprint density at radius 3 is 2.19 bits per heavy atom. The van der Waals surface area contributed by atoms with Gasteiger partial charge in [-0.15, -0.1) is 0 Å². The Morgan fingerprint density at radius 2 is 1.76 bits per heavy atom. The molecule has 0 heterocycles. The van der Waals surface area contributed by atoms with Crippen molar-refractivity contribution in [3.8, 4) is 0 Å². The van der Waals surface area contributed by atoms with E-state index in [-0.39, 0.29) is 6.04 Å². The number of hydrogen-bond acceptors (Lipinski definition) is 4. The number of anilines is 1. The number of nitrogens with one attached hydrogen (secondary N) is 1. The first-order valence-electron chi connectivity index (χ1n) is 6.51. The number of carbonyl (C=O) groups is 1. The Morgan fingerprint density at radius 1 is 1.24 bits per heavy atom.